The summed E-state index contributed by atoms with van der Waals surface area (Å²) in [5.41, 5.74) is 2.35. The van der Waals surface area contributed by atoms with Gasteiger partial charge in [-0.2, -0.15) is 0 Å². The molecule has 7 nitrogen and oxygen atoms in total. The van der Waals surface area contributed by atoms with Gasteiger partial charge in [0.05, 0.1) is 32.8 Å². The Balaban J connectivity index is 2.03. The Kier molecular flexibility index (Phi) is 5.68. The summed E-state index contributed by atoms with van der Waals surface area (Å²) in [6.45, 7) is 4.05. The van der Waals surface area contributed by atoms with Crippen molar-refractivity contribution in [1.82, 2.24) is 0 Å². The molecule has 0 bridgehead atoms. The van der Waals surface area contributed by atoms with Crippen molar-refractivity contribution < 1.29 is 33.6 Å². The molecule has 7 heteroatoms. The van der Waals surface area contributed by atoms with Crippen LogP contribution in [-0.2, 0) is 16.1 Å². The quantitative estimate of drug-likeness (QED) is 0.672. The number of cyclic esters (lactones) is 1. The Morgan fingerprint density at radius 2 is 1.83 bits per heavy atom. The Morgan fingerprint density at radius 3 is 2.48 bits per heavy atom. The number of carboxylic acids is 1. The van der Waals surface area contributed by atoms with Gasteiger partial charge in [0.1, 0.15) is 6.61 Å². The Labute approximate surface area is 169 Å². The monoisotopic (exact) mass is 400 g/mol. The number of esters is 1. The van der Waals surface area contributed by atoms with Gasteiger partial charge >= 0.3 is 11.9 Å². The number of benzene rings is 2. The first kappa shape index (κ1) is 20.5. The maximum Gasteiger partial charge on any atom is 0.338 e. The van der Waals surface area contributed by atoms with Crippen LogP contribution in [0, 0.1) is 5.41 Å². The van der Waals surface area contributed by atoms with Gasteiger partial charge in [-0.25, -0.2) is 4.79 Å². The zero-order valence-corrected chi connectivity index (χ0v) is 16.9. The van der Waals surface area contributed by atoms with Gasteiger partial charge in [-0.3, -0.25) is 4.79 Å². The number of methoxy groups -OCH3 is 2. The van der Waals surface area contributed by atoms with E-state index >= 15 is 0 Å². The minimum absolute atomic E-state index is 0.0348. The van der Waals surface area contributed by atoms with E-state index < -0.39 is 11.4 Å². The number of carbonyl (C=O) groups is 2. The summed E-state index contributed by atoms with van der Waals surface area (Å²) in [5.74, 6) is 0.159. The number of fused-ring (bicyclic) bond motifs is 1. The van der Waals surface area contributed by atoms with Gasteiger partial charge in [0.15, 0.2) is 11.5 Å². The molecule has 154 valence electrons. The average Bonchev–Trinajstić information content (AvgIpc) is 3.04. The smallest absolute Gasteiger partial charge is 0.338 e. The lowest BCUT2D eigenvalue weighted by Crippen LogP contribution is -2.25. The fraction of sp³-hybridized carbons (Fsp3) is 0.364. The average molecular weight is 400 g/mol. The van der Waals surface area contributed by atoms with Crippen LogP contribution in [0.15, 0.2) is 30.3 Å². The van der Waals surface area contributed by atoms with Crippen molar-refractivity contribution in [3.8, 4) is 28.4 Å². The minimum Gasteiger partial charge on any atom is -0.493 e. The predicted octanol–water partition coefficient (Wildman–Crippen LogP) is 3.92. The van der Waals surface area contributed by atoms with E-state index in [2.05, 4.69) is 0 Å². The molecule has 2 aromatic rings. The number of carboxylic acid groups (broad SMARTS) is 1. The van der Waals surface area contributed by atoms with Crippen LogP contribution in [-0.4, -0.2) is 37.9 Å². The first-order valence-corrected chi connectivity index (χ1v) is 9.16. The molecule has 1 aliphatic rings. The fourth-order valence-corrected chi connectivity index (χ4v) is 3.30. The molecule has 2 aromatic carbocycles. The van der Waals surface area contributed by atoms with Gasteiger partial charge < -0.3 is 24.1 Å². The van der Waals surface area contributed by atoms with Crippen LogP contribution in [0.1, 0.15) is 36.2 Å². The number of rotatable bonds is 8. The molecular formula is C22H24O7. The molecule has 0 aromatic heterocycles. The second-order valence-electron chi connectivity index (χ2n) is 7.65. The van der Waals surface area contributed by atoms with Crippen molar-refractivity contribution >= 4 is 11.9 Å². The molecule has 3 rings (SSSR count). The van der Waals surface area contributed by atoms with Crippen LogP contribution >= 0.6 is 0 Å². The lowest BCUT2D eigenvalue weighted by atomic mass is 9.90. The Morgan fingerprint density at radius 1 is 1.10 bits per heavy atom. The Hall–Kier alpha value is -3.22. The van der Waals surface area contributed by atoms with Crippen molar-refractivity contribution in [3.63, 3.8) is 0 Å². The van der Waals surface area contributed by atoms with Gasteiger partial charge in [0, 0.05) is 16.5 Å². The molecule has 0 spiro atoms. The van der Waals surface area contributed by atoms with Crippen LogP contribution in [0.2, 0.25) is 0 Å². The first-order chi connectivity index (χ1) is 13.8. The number of hydrogen-bond acceptors (Lipinski definition) is 6. The van der Waals surface area contributed by atoms with Crippen molar-refractivity contribution in [2.24, 2.45) is 5.41 Å². The summed E-state index contributed by atoms with van der Waals surface area (Å²) >= 11 is 0. The number of hydrogen-bond donors (Lipinski definition) is 1. The molecule has 0 atom stereocenters. The zero-order chi connectivity index (χ0) is 21.2. The van der Waals surface area contributed by atoms with Gasteiger partial charge in [-0.05, 0) is 29.8 Å². The second-order valence-corrected chi connectivity index (χ2v) is 7.65. The highest BCUT2D eigenvalue weighted by atomic mass is 16.5. The largest absolute Gasteiger partial charge is 0.493 e. The van der Waals surface area contributed by atoms with Crippen LogP contribution < -0.4 is 14.2 Å². The molecule has 0 fully saturated rings. The normalized spacial score (nSPS) is 12.9. The van der Waals surface area contributed by atoms with E-state index in [9.17, 15) is 9.59 Å². The summed E-state index contributed by atoms with van der Waals surface area (Å²) in [5, 5.41) is 9.13. The summed E-state index contributed by atoms with van der Waals surface area (Å²) in [4.78, 5) is 22.9. The maximum absolute atomic E-state index is 11.7. The van der Waals surface area contributed by atoms with Crippen LogP contribution in [0.25, 0.3) is 11.1 Å². The van der Waals surface area contributed by atoms with Gasteiger partial charge in [-0.15, -0.1) is 0 Å². The van der Waals surface area contributed by atoms with Crippen molar-refractivity contribution in [2.75, 3.05) is 20.8 Å². The molecular weight excluding hydrogens is 376 g/mol. The third-order valence-corrected chi connectivity index (χ3v) is 4.73. The van der Waals surface area contributed by atoms with Gasteiger partial charge in [-0.1, -0.05) is 19.9 Å². The van der Waals surface area contributed by atoms with Crippen LogP contribution in [0.3, 0.4) is 0 Å². The highest BCUT2D eigenvalue weighted by Crippen LogP contribution is 2.45. The second kappa shape index (κ2) is 8.03. The first-order valence-electron chi connectivity index (χ1n) is 9.16. The standard InChI is InChI=1S/C22H24O7/c1-22(2,10-18(23)24)12-29-19-15(7-8-17(26-3)20(19)27-4)13-5-6-16-14(9-13)11-28-21(16)25/h5-9H,10-12H2,1-4H3,(H,23,24). The zero-order valence-electron chi connectivity index (χ0n) is 16.9. The summed E-state index contributed by atoms with van der Waals surface area (Å²) in [6, 6.07) is 9.06. The predicted molar refractivity (Wildman–Crippen MR) is 106 cm³/mol. The molecule has 0 saturated heterocycles. The minimum atomic E-state index is -0.889. The van der Waals surface area contributed by atoms with Crippen molar-refractivity contribution in [3.05, 3.63) is 41.5 Å². The fourth-order valence-electron chi connectivity index (χ4n) is 3.30. The third-order valence-electron chi connectivity index (χ3n) is 4.73. The molecule has 0 unspecified atom stereocenters. The Bertz CT molecular complexity index is 946. The maximum atomic E-state index is 11.7. The van der Waals surface area contributed by atoms with E-state index in [1.54, 1.807) is 12.1 Å². The summed E-state index contributed by atoms with van der Waals surface area (Å²) < 4.78 is 22.1. The van der Waals surface area contributed by atoms with Crippen molar-refractivity contribution in [1.29, 1.82) is 0 Å². The van der Waals surface area contributed by atoms with E-state index in [0.717, 1.165) is 16.7 Å². The SMILES string of the molecule is COc1ccc(-c2ccc3c(c2)COC3=O)c(OCC(C)(C)CC(=O)O)c1OC. The van der Waals surface area contributed by atoms with E-state index in [-0.39, 0.29) is 25.6 Å². The summed E-state index contributed by atoms with van der Waals surface area (Å²) in [7, 11) is 3.06. The molecule has 0 saturated carbocycles. The van der Waals surface area contributed by atoms with E-state index in [1.165, 1.54) is 14.2 Å². The topological polar surface area (TPSA) is 91.3 Å². The molecule has 0 radical (unpaired) electrons. The number of aliphatic carboxylic acids is 1. The van der Waals surface area contributed by atoms with E-state index in [0.29, 0.717) is 22.8 Å². The molecule has 29 heavy (non-hydrogen) atoms. The van der Waals surface area contributed by atoms with Crippen LogP contribution in [0.4, 0.5) is 0 Å². The van der Waals surface area contributed by atoms with Gasteiger partial charge in [0.25, 0.3) is 0 Å². The highest BCUT2D eigenvalue weighted by Gasteiger charge is 2.27. The number of ether oxygens (including phenoxy) is 4. The summed E-state index contributed by atoms with van der Waals surface area (Å²) in [6.07, 6.45) is -0.0348. The van der Waals surface area contributed by atoms with E-state index in [4.69, 9.17) is 24.1 Å². The molecule has 1 aliphatic heterocycles. The van der Waals surface area contributed by atoms with E-state index in [1.807, 2.05) is 32.0 Å². The highest BCUT2D eigenvalue weighted by molar-refractivity contribution is 5.94. The van der Waals surface area contributed by atoms with Crippen molar-refractivity contribution in [2.45, 2.75) is 26.9 Å². The van der Waals surface area contributed by atoms with Gasteiger partial charge in [0.2, 0.25) is 5.75 Å². The molecule has 1 heterocycles. The molecule has 0 aliphatic carbocycles. The lowest BCUT2D eigenvalue weighted by molar-refractivity contribution is -0.139. The molecule has 0 amide bonds. The van der Waals surface area contributed by atoms with Crippen LogP contribution in [0.5, 0.6) is 17.2 Å². The molecule has 1 N–H and O–H groups in total. The third kappa shape index (κ3) is 4.29. The lowest BCUT2D eigenvalue weighted by Gasteiger charge is -2.25. The number of carbonyl (C=O) groups excluding carboxylic acids is 1.